The van der Waals surface area contributed by atoms with Crippen LogP contribution >= 0.6 is 11.3 Å². The first-order valence-corrected chi connectivity index (χ1v) is 5.97. The molecule has 1 aromatic rings. The molecule has 7 heteroatoms. The van der Waals surface area contributed by atoms with E-state index in [1.54, 1.807) is 6.92 Å². The van der Waals surface area contributed by atoms with Crippen molar-refractivity contribution < 1.29 is 23.8 Å². The second kappa shape index (κ2) is 6.36. The van der Waals surface area contributed by atoms with E-state index in [2.05, 4.69) is 4.74 Å². The molecule has 0 saturated carbocycles. The molecule has 1 aromatic heterocycles. The van der Waals surface area contributed by atoms with Crippen LogP contribution in [-0.4, -0.2) is 39.4 Å². The molecule has 100 valence electrons. The largest absolute Gasteiger partial charge is 0.465 e. The van der Waals surface area contributed by atoms with Gasteiger partial charge in [-0.05, 0) is 12.5 Å². The predicted molar refractivity (Wildman–Crippen MR) is 67.0 cm³/mol. The molecule has 0 fully saturated rings. The summed E-state index contributed by atoms with van der Waals surface area (Å²) in [7, 11) is 2.77. The van der Waals surface area contributed by atoms with Crippen LogP contribution in [0, 0.1) is 6.92 Å². The van der Waals surface area contributed by atoms with E-state index >= 15 is 0 Å². The van der Waals surface area contributed by atoms with Crippen molar-refractivity contribution in [2.75, 3.05) is 33.2 Å². The number of methoxy groups -OCH3 is 2. The third-order valence-electron chi connectivity index (χ3n) is 2.27. The third kappa shape index (κ3) is 2.99. The molecule has 0 atom stereocenters. The Labute approximate surface area is 109 Å². The minimum Gasteiger partial charge on any atom is -0.465 e. The van der Waals surface area contributed by atoms with Gasteiger partial charge in [-0.2, -0.15) is 0 Å². The van der Waals surface area contributed by atoms with E-state index in [4.69, 9.17) is 15.2 Å². The molecule has 0 aliphatic rings. The van der Waals surface area contributed by atoms with Crippen molar-refractivity contribution in [2.24, 2.45) is 0 Å². The summed E-state index contributed by atoms with van der Waals surface area (Å²) in [5, 5.41) is 0.248. The number of thiophene rings is 1. The zero-order valence-electron chi connectivity index (χ0n) is 10.4. The van der Waals surface area contributed by atoms with E-state index in [0.717, 1.165) is 11.3 Å². The summed E-state index contributed by atoms with van der Waals surface area (Å²) in [6.07, 6.45) is 0. The average molecular weight is 273 g/mol. The minimum absolute atomic E-state index is 0.153. The molecule has 0 amide bonds. The maximum absolute atomic E-state index is 11.7. The van der Waals surface area contributed by atoms with Crippen molar-refractivity contribution in [3.05, 3.63) is 16.0 Å². The molecule has 0 aromatic carbocycles. The molecule has 0 aliphatic carbocycles. The van der Waals surface area contributed by atoms with Gasteiger partial charge in [-0.1, -0.05) is 0 Å². The van der Waals surface area contributed by atoms with Gasteiger partial charge < -0.3 is 19.9 Å². The van der Waals surface area contributed by atoms with E-state index < -0.39 is 11.9 Å². The van der Waals surface area contributed by atoms with Crippen LogP contribution in [0.15, 0.2) is 0 Å². The first-order valence-electron chi connectivity index (χ1n) is 5.16. The Morgan fingerprint density at radius 1 is 1.22 bits per heavy atom. The van der Waals surface area contributed by atoms with Gasteiger partial charge in [-0.15, -0.1) is 11.3 Å². The molecule has 1 rings (SSSR count). The number of ether oxygens (including phenoxy) is 3. The number of carbonyl (C=O) groups is 2. The van der Waals surface area contributed by atoms with Crippen molar-refractivity contribution in [1.82, 2.24) is 0 Å². The van der Waals surface area contributed by atoms with Gasteiger partial charge in [0, 0.05) is 7.11 Å². The third-order valence-corrected chi connectivity index (χ3v) is 3.37. The number of hydrogen-bond donors (Lipinski definition) is 1. The van der Waals surface area contributed by atoms with Crippen molar-refractivity contribution >= 4 is 28.3 Å². The maximum atomic E-state index is 11.7. The fraction of sp³-hybridized carbons (Fsp3) is 0.455. The van der Waals surface area contributed by atoms with Gasteiger partial charge in [0.1, 0.15) is 16.5 Å². The number of nitrogen functional groups attached to an aromatic ring is 1. The highest BCUT2D eigenvalue weighted by molar-refractivity contribution is 7.18. The van der Waals surface area contributed by atoms with E-state index in [9.17, 15) is 9.59 Å². The molecule has 0 radical (unpaired) electrons. The van der Waals surface area contributed by atoms with Crippen LogP contribution in [0.1, 0.15) is 25.6 Å². The molecule has 0 spiro atoms. The Morgan fingerprint density at radius 3 is 2.44 bits per heavy atom. The van der Waals surface area contributed by atoms with Crippen molar-refractivity contribution in [2.45, 2.75) is 6.92 Å². The fourth-order valence-corrected chi connectivity index (χ4v) is 2.33. The Bertz CT molecular complexity index is 455. The number of carbonyl (C=O) groups excluding carboxylic acids is 2. The van der Waals surface area contributed by atoms with Crippen LogP contribution < -0.4 is 5.73 Å². The van der Waals surface area contributed by atoms with Gasteiger partial charge in [-0.3, -0.25) is 0 Å². The average Bonchev–Trinajstić information content (AvgIpc) is 2.64. The summed E-state index contributed by atoms with van der Waals surface area (Å²) >= 11 is 1.01. The molecule has 0 unspecified atom stereocenters. The highest BCUT2D eigenvalue weighted by Gasteiger charge is 2.24. The molecule has 2 N–H and O–H groups in total. The standard InChI is InChI=1S/C11H15NO5S/c1-6-7(10(13)16-3)9(12)18-8(6)11(14)17-5-4-15-2/h4-5,12H2,1-3H3. The molecule has 18 heavy (non-hydrogen) atoms. The Kier molecular flexibility index (Phi) is 5.11. The number of rotatable bonds is 5. The topological polar surface area (TPSA) is 87.9 Å². The molecular formula is C11H15NO5S. The highest BCUT2D eigenvalue weighted by atomic mass is 32.1. The van der Waals surface area contributed by atoms with E-state index in [0.29, 0.717) is 17.0 Å². The number of esters is 2. The van der Waals surface area contributed by atoms with Crippen LogP contribution in [0.4, 0.5) is 5.00 Å². The molecule has 0 bridgehead atoms. The highest BCUT2D eigenvalue weighted by Crippen LogP contribution is 2.31. The summed E-state index contributed by atoms with van der Waals surface area (Å²) in [5.41, 5.74) is 6.40. The second-order valence-electron chi connectivity index (χ2n) is 3.42. The lowest BCUT2D eigenvalue weighted by Gasteiger charge is -2.03. The number of anilines is 1. The smallest absolute Gasteiger partial charge is 0.348 e. The van der Waals surface area contributed by atoms with Gasteiger partial charge >= 0.3 is 11.9 Å². The molecular weight excluding hydrogens is 258 g/mol. The van der Waals surface area contributed by atoms with Gasteiger partial charge in [-0.25, -0.2) is 9.59 Å². The van der Waals surface area contributed by atoms with Gasteiger partial charge in [0.2, 0.25) is 0 Å². The lowest BCUT2D eigenvalue weighted by molar-refractivity contribution is 0.0393. The van der Waals surface area contributed by atoms with Crippen LogP contribution in [0.5, 0.6) is 0 Å². The first-order chi connectivity index (χ1) is 8.52. The summed E-state index contributed by atoms with van der Waals surface area (Å²) < 4.78 is 14.3. The normalized spacial score (nSPS) is 10.2. The van der Waals surface area contributed by atoms with Crippen molar-refractivity contribution in [1.29, 1.82) is 0 Å². The van der Waals surface area contributed by atoms with Crippen LogP contribution in [0.3, 0.4) is 0 Å². The van der Waals surface area contributed by atoms with E-state index in [1.165, 1.54) is 14.2 Å². The van der Waals surface area contributed by atoms with Gasteiger partial charge in [0.05, 0.1) is 19.3 Å². The Hall–Kier alpha value is -1.60. The summed E-state index contributed by atoms with van der Waals surface area (Å²) in [5.74, 6) is -1.08. The molecule has 0 saturated heterocycles. The quantitative estimate of drug-likeness (QED) is 0.641. The lowest BCUT2D eigenvalue weighted by Crippen LogP contribution is -2.10. The number of nitrogens with two attached hydrogens (primary N) is 1. The Balaban J connectivity index is 2.91. The van der Waals surface area contributed by atoms with Crippen molar-refractivity contribution in [3.8, 4) is 0 Å². The zero-order chi connectivity index (χ0) is 13.7. The lowest BCUT2D eigenvalue weighted by atomic mass is 10.1. The number of hydrogen-bond acceptors (Lipinski definition) is 7. The summed E-state index contributed by atoms with van der Waals surface area (Å²) in [4.78, 5) is 23.5. The minimum atomic E-state index is -0.558. The Morgan fingerprint density at radius 2 is 1.89 bits per heavy atom. The SMILES string of the molecule is COCCOC(=O)c1sc(N)c(C(=O)OC)c1C. The van der Waals surface area contributed by atoms with Gasteiger partial charge in [0.25, 0.3) is 0 Å². The van der Waals surface area contributed by atoms with Crippen LogP contribution in [0.2, 0.25) is 0 Å². The second-order valence-corrected chi connectivity index (χ2v) is 4.47. The summed E-state index contributed by atoms with van der Waals surface area (Å²) in [6.45, 7) is 2.10. The van der Waals surface area contributed by atoms with Crippen molar-refractivity contribution in [3.63, 3.8) is 0 Å². The monoisotopic (exact) mass is 273 g/mol. The molecule has 1 heterocycles. The van der Waals surface area contributed by atoms with E-state index in [-0.39, 0.29) is 17.2 Å². The predicted octanol–water partition coefficient (Wildman–Crippen LogP) is 1.23. The summed E-state index contributed by atoms with van der Waals surface area (Å²) in [6, 6.07) is 0. The van der Waals surface area contributed by atoms with Gasteiger partial charge in [0.15, 0.2) is 0 Å². The van der Waals surface area contributed by atoms with Crippen LogP contribution in [-0.2, 0) is 14.2 Å². The van der Waals surface area contributed by atoms with E-state index in [1.807, 2.05) is 0 Å². The van der Waals surface area contributed by atoms with Crippen LogP contribution in [0.25, 0.3) is 0 Å². The molecule has 0 aliphatic heterocycles. The fourth-order valence-electron chi connectivity index (χ4n) is 1.37. The molecule has 6 nitrogen and oxygen atoms in total. The first kappa shape index (κ1) is 14.5. The zero-order valence-corrected chi connectivity index (χ0v) is 11.3. The maximum Gasteiger partial charge on any atom is 0.348 e.